The molecule has 4 nitrogen and oxygen atoms in total. The smallest absolute Gasteiger partial charge is 0.323 e. The predicted octanol–water partition coefficient (Wildman–Crippen LogP) is 2.73. The molecule has 0 aromatic carbocycles. The monoisotopic (exact) mass is 272 g/mol. The van der Waals surface area contributed by atoms with Crippen molar-refractivity contribution in [2.24, 2.45) is 0 Å². The molecule has 0 aromatic heterocycles. The molecule has 19 heavy (non-hydrogen) atoms. The topological polar surface area (TPSA) is 52.6 Å². The van der Waals surface area contributed by atoms with Crippen LogP contribution in [0.2, 0.25) is 0 Å². The maximum Gasteiger partial charge on any atom is 0.323 e. The van der Waals surface area contributed by atoms with Crippen LogP contribution in [0.1, 0.15) is 59.8 Å². The van der Waals surface area contributed by atoms with E-state index in [4.69, 9.17) is 0 Å². The van der Waals surface area contributed by atoms with Gasteiger partial charge in [-0.1, -0.05) is 19.8 Å². The molecule has 0 bridgehead atoms. The minimum absolute atomic E-state index is 0.184. The third kappa shape index (κ3) is 8.22. The highest BCUT2D eigenvalue weighted by Crippen LogP contribution is 2.14. The lowest BCUT2D eigenvalue weighted by Crippen LogP contribution is -2.52. The first-order chi connectivity index (χ1) is 8.81. The Morgan fingerprint density at radius 2 is 1.84 bits per heavy atom. The first-order valence-corrected chi connectivity index (χ1v) is 7.51. The van der Waals surface area contributed by atoms with Gasteiger partial charge in [-0.05, 0) is 60.2 Å². The molecule has 2 N–H and O–H groups in total. The van der Waals surface area contributed by atoms with Gasteiger partial charge in [-0.2, -0.15) is 0 Å². The third-order valence-electron chi connectivity index (χ3n) is 3.44. The van der Waals surface area contributed by atoms with Crippen molar-refractivity contribution in [2.45, 2.75) is 71.4 Å². The zero-order chi connectivity index (χ0) is 14.9. The van der Waals surface area contributed by atoms with Crippen molar-refractivity contribution in [3.8, 4) is 0 Å². The molecule has 0 fully saturated rings. The van der Waals surface area contributed by atoms with Gasteiger partial charge in [0.2, 0.25) is 0 Å². The molecule has 0 saturated carbocycles. The predicted molar refractivity (Wildman–Crippen MR) is 80.6 cm³/mol. The van der Waals surface area contributed by atoms with Crippen molar-refractivity contribution in [1.29, 1.82) is 0 Å². The Labute approximate surface area is 118 Å². The molecular weight excluding hydrogens is 240 g/mol. The van der Waals surface area contributed by atoms with Crippen LogP contribution in [-0.2, 0) is 4.79 Å². The van der Waals surface area contributed by atoms with Crippen LogP contribution in [0, 0.1) is 0 Å². The SMILES string of the molecule is CCCCCN(C)CCCC(C)(NC(C)C)C(=O)O. The van der Waals surface area contributed by atoms with Crippen LogP contribution in [0.5, 0.6) is 0 Å². The molecule has 0 heterocycles. The standard InChI is InChI=1S/C15H32N2O2/c1-6-7-8-11-17(5)12-9-10-15(4,14(18)19)16-13(2)3/h13,16H,6-12H2,1-5H3,(H,18,19). The number of hydrogen-bond acceptors (Lipinski definition) is 3. The lowest BCUT2D eigenvalue weighted by Gasteiger charge is -2.29. The molecule has 0 aliphatic heterocycles. The number of carboxylic acids is 1. The zero-order valence-electron chi connectivity index (χ0n) is 13.3. The molecule has 0 spiro atoms. The average Bonchev–Trinajstić information content (AvgIpc) is 2.28. The van der Waals surface area contributed by atoms with E-state index >= 15 is 0 Å². The number of aliphatic carboxylic acids is 1. The molecule has 0 amide bonds. The Bertz CT molecular complexity index is 257. The van der Waals surface area contributed by atoms with Gasteiger partial charge in [-0.3, -0.25) is 10.1 Å². The van der Waals surface area contributed by atoms with Crippen LogP contribution in [0.4, 0.5) is 0 Å². The summed E-state index contributed by atoms with van der Waals surface area (Å²) in [7, 11) is 2.11. The summed E-state index contributed by atoms with van der Waals surface area (Å²) in [6.45, 7) is 10.0. The number of carbonyl (C=O) groups is 1. The summed E-state index contributed by atoms with van der Waals surface area (Å²) in [6.07, 6.45) is 5.31. The van der Waals surface area contributed by atoms with Crippen molar-refractivity contribution in [3.05, 3.63) is 0 Å². The minimum atomic E-state index is -0.807. The molecule has 4 heteroatoms. The number of nitrogens with zero attached hydrogens (tertiary/aromatic N) is 1. The second-order valence-corrected chi connectivity index (χ2v) is 6.05. The van der Waals surface area contributed by atoms with E-state index in [0.29, 0.717) is 6.42 Å². The quantitative estimate of drug-likeness (QED) is 0.568. The molecule has 0 aliphatic rings. The van der Waals surface area contributed by atoms with Crippen LogP contribution >= 0.6 is 0 Å². The minimum Gasteiger partial charge on any atom is -0.480 e. The van der Waals surface area contributed by atoms with Gasteiger partial charge in [0.1, 0.15) is 5.54 Å². The molecular formula is C15H32N2O2. The Hall–Kier alpha value is -0.610. The van der Waals surface area contributed by atoms with Crippen LogP contribution in [0.15, 0.2) is 0 Å². The molecule has 1 unspecified atom stereocenters. The van der Waals surface area contributed by atoms with E-state index in [2.05, 4.69) is 24.2 Å². The summed E-state index contributed by atoms with van der Waals surface area (Å²) in [4.78, 5) is 13.7. The summed E-state index contributed by atoms with van der Waals surface area (Å²) in [5.74, 6) is -0.755. The van der Waals surface area contributed by atoms with Crippen molar-refractivity contribution in [3.63, 3.8) is 0 Å². The highest BCUT2D eigenvalue weighted by Gasteiger charge is 2.32. The second-order valence-electron chi connectivity index (χ2n) is 6.05. The molecule has 0 saturated heterocycles. The summed E-state index contributed by atoms with van der Waals surface area (Å²) in [5, 5.41) is 12.5. The third-order valence-corrected chi connectivity index (χ3v) is 3.44. The van der Waals surface area contributed by atoms with Crippen molar-refractivity contribution in [2.75, 3.05) is 20.1 Å². The fourth-order valence-electron chi connectivity index (χ4n) is 2.32. The Kier molecular flexibility index (Phi) is 9.02. The van der Waals surface area contributed by atoms with Gasteiger partial charge in [-0.15, -0.1) is 0 Å². The van der Waals surface area contributed by atoms with Gasteiger partial charge in [0.05, 0.1) is 0 Å². The van der Waals surface area contributed by atoms with Crippen LogP contribution in [0.25, 0.3) is 0 Å². The van der Waals surface area contributed by atoms with E-state index in [-0.39, 0.29) is 6.04 Å². The van der Waals surface area contributed by atoms with E-state index in [9.17, 15) is 9.90 Å². The fraction of sp³-hybridized carbons (Fsp3) is 0.933. The van der Waals surface area contributed by atoms with Gasteiger partial charge in [-0.25, -0.2) is 0 Å². The maximum atomic E-state index is 11.4. The summed E-state index contributed by atoms with van der Waals surface area (Å²) >= 11 is 0. The number of nitrogens with one attached hydrogen (secondary N) is 1. The number of unbranched alkanes of at least 4 members (excludes halogenated alkanes) is 2. The largest absolute Gasteiger partial charge is 0.480 e. The van der Waals surface area contributed by atoms with Crippen molar-refractivity contribution in [1.82, 2.24) is 10.2 Å². The molecule has 114 valence electrons. The van der Waals surface area contributed by atoms with E-state index in [1.165, 1.54) is 19.3 Å². The van der Waals surface area contributed by atoms with Crippen LogP contribution < -0.4 is 5.32 Å². The number of hydrogen-bond donors (Lipinski definition) is 2. The van der Waals surface area contributed by atoms with Crippen LogP contribution in [0.3, 0.4) is 0 Å². The molecule has 1 atom stereocenters. The maximum absolute atomic E-state index is 11.4. The van der Waals surface area contributed by atoms with Crippen molar-refractivity contribution < 1.29 is 9.90 Å². The first-order valence-electron chi connectivity index (χ1n) is 7.51. The van der Waals surface area contributed by atoms with Crippen LogP contribution in [-0.4, -0.2) is 47.7 Å². The Balaban J connectivity index is 4.02. The Morgan fingerprint density at radius 3 is 2.32 bits per heavy atom. The summed E-state index contributed by atoms with van der Waals surface area (Å²) in [6, 6.07) is 0.184. The summed E-state index contributed by atoms with van der Waals surface area (Å²) < 4.78 is 0. The van der Waals surface area contributed by atoms with E-state index in [0.717, 1.165) is 19.5 Å². The van der Waals surface area contributed by atoms with Gasteiger partial charge in [0, 0.05) is 6.04 Å². The molecule has 0 rings (SSSR count). The van der Waals surface area contributed by atoms with Gasteiger partial charge in [0.15, 0.2) is 0 Å². The second kappa shape index (κ2) is 9.32. The van der Waals surface area contributed by atoms with Gasteiger partial charge in [0.25, 0.3) is 0 Å². The van der Waals surface area contributed by atoms with Gasteiger partial charge >= 0.3 is 5.97 Å². The molecule has 0 radical (unpaired) electrons. The first kappa shape index (κ1) is 18.4. The Morgan fingerprint density at radius 1 is 1.26 bits per heavy atom. The summed E-state index contributed by atoms with van der Waals surface area (Å²) in [5.41, 5.74) is -0.807. The molecule has 0 aromatic rings. The number of rotatable bonds is 11. The van der Waals surface area contributed by atoms with Gasteiger partial charge < -0.3 is 10.0 Å². The zero-order valence-corrected chi connectivity index (χ0v) is 13.3. The van der Waals surface area contributed by atoms with E-state index in [1.807, 2.05) is 13.8 Å². The molecule has 0 aliphatic carbocycles. The van der Waals surface area contributed by atoms with E-state index in [1.54, 1.807) is 6.92 Å². The normalized spacial score (nSPS) is 14.9. The highest BCUT2D eigenvalue weighted by atomic mass is 16.4. The lowest BCUT2D eigenvalue weighted by atomic mass is 9.94. The number of carboxylic acid groups (broad SMARTS) is 1. The average molecular weight is 272 g/mol. The lowest BCUT2D eigenvalue weighted by molar-refractivity contribution is -0.144. The highest BCUT2D eigenvalue weighted by molar-refractivity contribution is 5.78. The fourth-order valence-corrected chi connectivity index (χ4v) is 2.32. The van der Waals surface area contributed by atoms with E-state index < -0.39 is 11.5 Å². The van der Waals surface area contributed by atoms with Crippen molar-refractivity contribution >= 4 is 5.97 Å².